The highest BCUT2D eigenvalue weighted by atomic mass is 15.2. The number of hydrogen-bond acceptors (Lipinski definition) is 4. The molecule has 1 aliphatic heterocycles. The molecule has 0 aromatic rings. The van der Waals surface area contributed by atoms with Crippen LogP contribution in [0.4, 0.5) is 0 Å². The van der Waals surface area contributed by atoms with Gasteiger partial charge in [0.05, 0.1) is 6.04 Å². The molecule has 0 radical (unpaired) electrons. The Labute approximate surface area is 454 Å². The van der Waals surface area contributed by atoms with Crippen LogP contribution in [0, 0.1) is 40.9 Å². The molecule has 4 unspecified atom stereocenters. The molecule has 1 saturated heterocycles. The monoisotopic (exact) mass is 1000 g/mol. The van der Waals surface area contributed by atoms with E-state index in [2.05, 4.69) is 196 Å². The molecule has 3 fully saturated rings. The van der Waals surface area contributed by atoms with Gasteiger partial charge in [-0.25, -0.2) is 0 Å². The van der Waals surface area contributed by atoms with Crippen LogP contribution in [0.2, 0.25) is 0 Å². The van der Waals surface area contributed by atoms with Crippen LogP contribution < -0.4 is 16.0 Å². The largest absolute Gasteiger partial charge is 0.388 e. The minimum atomic E-state index is 0.140. The maximum absolute atomic E-state index is 4.36. The summed E-state index contributed by atoms with van der Waals surface area (Å²) < 4.78 is 0. The molecule has 4 heteroatoms. The number of terminal acetylenes is 1. The van der Waals surface area contributed by atoms with Gasteiger partial charge in [0.1, 0.15) is 0 Å². The summed E-state index contributed by atoms with van der Waals surface area (Å²) in [5.74, 6) is 1.70. The van der Waals surface area contributed by atoms with E-state index in [9.17, 15) is 0 Å². The predicted octanol–water partition coefficient (Wildman–Crippen LogP) is 20.8. The van der Waals surface area contributed by atoms with Gasteiger partial charge in [-0.05, 0) is 139 Å². The smallest absolute Gasteiger partial charge is 0.0700 e. The second-order valence-electron chi connectivity index (χ2n) is 23.7. The van der Waals surface area contributed by atoms with Crippen LogP contribution in [0.5, 0.6) is 0 Å². The van der Waals surface area contributed by atoms with E-state index in [1.807, 2.05) is 27.7 Å². The molecule has 4 atom stereocenters. The topological polar surface area (TPSA) is 39.3 Å². The molecule has 0 spiro atoms. The first-order valence-corrected chi connectivity index (χ1v) is 28.9. The van der Waals surface area contributed by atoms with Crippen molar-refractivity contribution in [1.82, 2.24) is 20.9 Å². The molecular weight excluding hydrogens is 873 g/mol. The fourth-order valence-corrected chi connectivity index (χ4v) is 8.46. The summed E-state index contributed by atoms with van der Waals surface area (Å²) >= 11 is 0. The van der Waals surface area contributed by atoms with Crippen LogP contribution in [-0.4, -0.2) is 36.1 Å². The van der Waals surface area contributed by atoms with Crippen molar-refractivity contribution in [3.63, 3.8) is 0 Å². The molecule has 1 heterocycles. The normalized spacial score (nSPS) is 18.2. The van der Waals surface area contributed by atoms with Crippen molar-refractivity contribution >= 4 is 0 Å². The molecule has 0 aromatic carbocycles. The Morgan fingerprint density at radius 3 is 1.69 bits per heavy atom. The standard InChI is InChI=1S/C16H30N2.C13H22.C11H19N.C9H18.C5H9N.C5H12.C5H10.C2H6.C2H2/c1-11(2)17-15(16(6,7)8)14(5)18-10-12(3)9-13(18)4;1-3-5-9-13-11-8-6-7-10-12(13)4-2;1-4-12-11(9(2)3)8-10-6-5-7-10;1-3-9(2)7-5-4-6-8-9;1-3-5-6-4-2;1-5(2,3)4;1-4-5(2)3;2*1-2/h12-13,15,17H,1,5,9-10H2,2-4,6-8H3;6-7H,3-5,8-11H2,1-2H3;4,10-12H,1-2,5-8H2,3H3;3-8H2,1-2H3;3-4,6H,1-2,5H2;1-4H3;2,4H2,1,3H3;1-2H3;1-2H. The highest BCUT2D eigenvalue weighted by Crippen LogP contribution is 2.38. The first kappa shape index (κ1) is 77.3. The third-order valence-corrected chi connectivity index (χ3v) is 13.3. The van der Waals surface area contributed by atoms with Gasteiger partial charge < -0.3 is 20.9 Å². The molecule has 4 rings (SSSR count). The van der Waals surface area contributed by atoms with Gasteiger partial charge in [0.25, 0.3) is 0 Å². The van der Waals surface area contributed by atoms with Crippen molar-refractivity contribution in [3.8, 4) is 12.8 Å². The first-order valence-electron chi connectivity index (χ1n) is 28.9. The van der Waals surface area contributed by atoms with Crippen LogP contribution in [0.15, 0.2) is 110 Å². The number of rotatable bonds is 18. The van der Waals surface area contributed by atoms with Crippen molar-refractivity contribution in [2.45, 2.75) is 272 Å². The number of hydrogen-bond donors (Lipinski definition) is 3. The Hall–Kier alpha value is -3.58. The van der Waals surface area contributed by atoms with Gasteiger partial charge in [-0.15, -0.1) is 26.0 Å². The Balaban J connectivity index is -0.000000250. The number of unbranched alkanes of at least 4 members (excludes halogenated alkanes) is 1. The lowest BCUT2D eigenvalue weighted by atomic mass is 9.74. The van der Waals surface area contributed by atoms with Crippen molar-refractivity contribution in [2.24, 2.45) is 28.1 Å². The maximum Gasteiger partial charge on any atom is 0.0700 e. The lowest BCUT2D eigenvalue weighted by molar-refractivity contribution is 0.208. The molecule has 0 amide bonds. The number of nitrogens with zero attached hydrogens (tertiary/aromatic N) is 1. The zero-order valence-corrected chi connectivity index (χ0v) is 52.2. The van der Waals surface area contributed by atoms with E-state index in [1.165, 1.54) is 132 Å². The third kappa shape index (κ3) is 45.1. The maximum atomic E-state index is 4.36. The summed E-state index contributed by atoms with van der Waals surface area (Å²) in [5.41, 5.74) is 9.53. The molecule has 3 N–H and O–H groups in total. The van der Waals surface area contributed by atoms with E-state index in [0.717, 1.165) is 42.5 Å². The SMILES string of the molecule is C#C.C=C(C)CC.C=C(C)NC(C(=C)N1CC(C)CC1C)C(C)(C)C.C=CCNC=C.C=CNC(CC1CCC1)C(=C)C.CC.CC(C)(C)C.CCC1(C)CCCCC1.CCCCC1=C(CC)CC=CCC1. The third-order valence-electron chi connectivity index (χ3n) is 13.3. The second-order valence-corrected chi connectivity index (χ2v) is 23.7. The second kappa shape index (κ2) is 47.2. The van der Waals surface area contributed by atoms with E-state index < -0.39 is 0 Å². The zero-order chi connectivity index (χ0) is 56.9. The molecule has 2 saturated carbocycles. The quantitative estimate of drug-likeness (QED) is 0.0727. The molecule has 72 heavy (non-hydrogen) atoms. The van der Waals surface area contributed by atoms with Crippen LogP contribution in [0.25, 0.3) is 0 Å². The van der Waals surface area contributed by atoms with Gasteiger partial charge in [-0.1, -0.05) is 229 Å². The number of likely N-dealkylation sites (tertiary alicyclic amines) is 1. The van der Waals surface area contributed by atoms with Crippen molar-refractivity contribution in [1.29, 1.82) is 0 Å². The Kier molecular flexibility index (Phi) is 50.6. The lowest BCUT2D eigenvalue weighted by Crippen LogP contribution is -2.46. The lowest BCUT2D eigenvalue weighted by Gasteiger charge is -2.39. The first-order chi connectivity index (χ1) is 33.7. The minimum absolute atomic E-state index is 0.140. The average Bonchev–Trinajstić information content (AvgIpc) is 3.49. The number of allylic oxidation sites excluding steroid dienone is 6. The van der Waals surface area contributed by atoms with E-state index in [1.54, 1.807) is 29.6 Å². The summed E-state index contributed by atoms with van der Waals surface area (Å²) in [6.07, 6.45) is 43.6. The van der Waals surface area contributed by atoms with Crippen LogP contribution in [0.3, 0.4) is 0 Å². The van der Waals surface area contributed by atoms with Crippen molar-refractivity contribution in [2.75, 3.05) is 13.1 Å². The van der Waals surface area contributed by atoms with Crippen molar-refractivity contribution < 1.29 is 0 Å². The number of nitrogens with one attached hydrogen (secondary N) is 3. The highest BCUT2D eigenvalue weighted by Gasteiger charge is 2.35. The highest BCUT2D eigenvalue weighted by molar-refractivity contribution is 5.20. The van der Waals surface area contributed by atoms with E-state index >= 15 is 0 Å². The average molecular weight is 1000 g/mol. The van der Waals surface area contributed by atoms with Crippen molar-refractivity contribution in [3.05, 3.63) is 110 Å². The molecule has 420 valence electrons. The van der Waals surface area contributed by atoms with E-state index in [4.69, 9.17) is 0 Å². The van der Waals surface area contributed by atoms with E-state index in [-0.39, 0.29) is 11.5 Å². The van der Waals surface area contributed by atoms with Crippen LogP contribution >= 0.6 is 0 Å². The Morgan fingerprint density at radius 2 is 1.38 bits per heavy atom. The van der Waals surface area contributed by atoms with Crippen LogP contribution in [0.1, 0.15) is 254 Å². The van der Waals surface area contributed by atoms with Gasteiger partial charge in [0, 0.05) is 36.6 Å². The van der Waals surface area contributed by atoms with Gasteiger partial charge in [-0.2, -0.15) is 0 Å². The summed E-state index contributed by atoms with van der Waals surface area (Å²) in [6, 6.07) is 1.31. The summed E-state index contributed by atoms with van der Waals surface area (Å²) in [6.45, 7) is 70.2. The summed E-state index contributed by atoms with van der Waals surface area (Å²) in [4.78, 5) is 2.47. The summed E-state index contributed by atoms with van der Waals surface area (Å²) in [7, 11) is 0. The predicted molar refractivity (Wildman–Crippen MR) is 335 cm³/mol. The molecular formula is C68H128N4. The van der Waals surface area contributed by atoms with Gasteiger partial charge in [-0.3, -0.25) is 0 Å². The molecule has 4 aliphatic rings. The van der Waals surface area contributed by atoms with E-state index in [0.29, 0.717) is 17.5 Å². The molecule has 3 aliphatic carbocycles. The molecule has 4 nitrogen and oxygen atoms in total. The zero-order valence-electron chi connectivity index (χ0n) is 52.2. The minimum Gasteiger partial charge on any atom is -0.388 e. The molecule has 0 aromatic heterocycles. The Morgan fingerprint density at radius 1 is 0.833 bits per heavy atom. The summed E-state index contributed by atoms with van der Waals surface area (Å²) in [5, 5.41) is 9.59. The van der Waals surface area contributed by atoms with Gasteiger partial charge >= 0.3 is 0 Å². The fraction of sp³-hybridized carbons (Fsp3) is 0.706. The van der Waals surface area contributed by atoms with Crippen LogP contribution in [-0.2, 0) is 0 Å². The van der Waals surface area contributed by atoms with Gasteiger partial charge in [0.15, 0.2) is 0 Å². The van der Waals surface area contributed by atoms with Gasteiger partial charge in [0.2, 0.25) is 0 Å². The molecule has 0 bridgehead atoms. The Bertz CT molecular complexity index is 1460. The fourth-order valence-electron chi connectivity index (χ4n) is 8.46.